The average Bonchev–Trinajstić information content (AvgIpc) is 2.54. The summed E-state index contributed by atoms with van der Waals surface area (Å²) in [6.45, 7) is 5.99. The first kappa shape index (κ1) is 16.3. The van der Waals surface area contributed by atoms with Crippen LogP contribution in [0.1, 0.15) is 30.9 Å². The topological polar surface area (TPSA) is 58.6 Å². The molecule has 0 bridgehead atoms. The Hall–Kier alpha value is -2.04. The minimum atomic E-state index is -0.137. The van der Waals surface area contributed by atoms with Crippen molar-refractivity contribution in [2.24, 2.45) is 5.92 Å². The van der Waals surface area contributed by atoms with Gasteiger partial charge in [-0.05, 0) is 32.3 Å². The van der Waals surface area contributed by atoms with Gasteiger partial charge in [0.1, 0.15) is 0 Å². The Morgan fingerprint density at radius 3 is 2.45 bits per heavy atom. The van der Waals surface area contributed by atoms with Crippen LogP contribution in [0.25, 0.3) is 0 Å². The first-order valence-corrected chi connectivity index (χ1v) is 7.85. The summed E-state index contributed by atoms with van der Waals surface area (Å²) in [7, 11) is 0. The molecule has 5 nitrogen and oxygen atoms in total. The number of benzene rings is 1. The van der Waals surface area contributed by atoms with Crippen LogP contribution in [0.2, 0.25) is 0 Å². The second-order valence-corrected chi connectivity index (χ2v) is 5.66. The highest BCUT2D eigenvalue weighted by molar-refractivity contribution is 5.76. The zero-order valence-corrected chi connectivity index (χ0v) is 13.3. The van der Waals surface area contributed by atoms with Crippen LogP contribution in [0, 0.1) is 12.8 Å². The number of carbonyl (C=O) groups excluding carboxylic acids is 2. The predicted molar refractivity (Wildman–Crippen MR) is 84.3 cm³/mol. The number of carbonyl (C=O) groups is 2. The van der Waals surface area contributed by atoms with E-state index in [-0.39, 0.29) is 17.9 Å². The number of rotatable bonds is 4. The summed E-state index contributed by atoms with van der Waals surface area (Å²) in [5.74, 6) is -0.205. The van der Waals surface area contributed by atoms with Gasteiger partial charge in [-0.1, -0.05) is 29.8 Å². The van der Waals surface area contributed by atoms with E-state index in [1.165, 1.54) is 5.56 Å². The number of urea groups is 1. The number of esters is 1. The van der Waals surface area contributed by atoms with E-state index >= 15 is 0 Å². The molecule has 2 amide bonds. The summed E-state index contributed by atoms with van der Waals surface area (Å²) in [5, 5.41) is 2.93. The van der Waals surface area contributed by atoms with E-state index in [1.807, 2.05) is 38.1 Å². The molecule has 1 aromatic carbocycles. The van der Waals surface area contributed by atoms with Crippen molar-refractivity contribution in [2.75, 3.05) is 19.7 Å². The van der Waals surface area contributed by atoms with Crippen LogP contribution >= 0.6 is 0 Å². The fraction of sp³-hybridized carbons (Fsp3) is 0.529. The zero-order chi connectivity index (χ0) is 15.9. The van der Waals surface area contributed by atoms with Crippen LogP contribution < -0.4 is 5.32 Å². The molecule has 1 N–H and O–H groups in total. The number of hydrogen-bond acceptors (Lipinski definition) is 3. The second kappa shape index (κ2) is 7.82. The number of likely N-dealkylation sites (tertiary alicyclic amines) is 1. The molecule has 1 aliphatic rings. The third-order valence-electron chi connectivity index (χ3n) is 3.97. The Balaban J connectivity index is 1.75. The Labute approximate surface area is 131 Å². The maximum atomic E-state index is 12.1. The maximum absolute atomic E-state index is 12.1. The van der Waals surface area contributed by atoms with Crippen molar-refractivity contribution < 1.29 is 14.3 Å². The lowest BCUT2D eigenvalue weighted by molar-refractivity contribution is -0.149. The van der Waals surface area contributed by atoms with E-state index in [2.05, 4.69) is 5.32 Å². The fourth-order valence-corrected chi connectivity index (χ4v) is 2.57. The molecule has 1 saturated heterocycles. The third kappa shape index (κ3) is 4.48. The molecule has 0 spiro atoms. The summed E-state index contributed by atoms with van der Waals surface area (Å²) in [4.78, 5) is 25.6. The van der Waals surface area contributed by atoms with Crippen molar-refractivity contribution in [1.82, 2.24) is 10.2 Å². The average molecular weight is 304 g/mol. The maximum Gasteiger partial charge on any atom is 0.317 e. The van der Waals surface area contributed by atoms with Crippen molar-refractivity contribution >= 4 is 12.0 Å². The van der Waals surface area contributed by atoms with E-state index in [0.29, 0.717) is 39.1 Å². The number of ether oxygens (including phenoxy) is 1. The number of nitrogens with one attached hydrogen (secondary N) is 1. The van der Waals surface area contributed by atoms with Gasteiger partial charge in [0, 0.05) is 19.6 Å². The summed E-state index contributed by atoms with van der Waals surface area (Å²) < 4.78 is 5.03. The van der Waals surface area contributed by atoms with Gasteiger partial charge in [-0.2, -0.15) is 0 Å². The van der Waals surface area contributed by atoms with Gasteiger partial charge in [0.05, 0.1) is 12.5 Å². The van der Waals surface area contributed by atoms with Gasteiger partial charge in [-0.25, -0.2) is 4.79 Å². The molecule has 0 unspecified atom stereocenters. The highest BCUT2D eigenvalue weighted by Gasteiger charge is 2.27. The van der Waals surface area contributed by atoms with Gasteiger partial charge < -0.3 is 15.0 Å². The van der Waals surface area contributed by atoms with E-state index in [4.69, 9.17) is 4.74 Å². The zero-order valence-electron chi connectivity index (χ0n) is 13.3. The van der Waals surface area contributed by atoms with E-state index in [9.17, 15) is 9.59 Å². The van der Waals surface area contributed by atoms with Crippen molar-refractivity contribution in [3.05, 3.63) is 35.4 Å². The van der Waals surface area contributed by atoms with Crippen LogP contribution in [0.3, 0.4) is 0 Å². The van der Waals surface area contributed by atoms with Crippen LogP contribution in [-0.2, 0) is 16.1 Å². The molecule has 0 aromatic heterocycles. The summed E-state index contributed by atoms with van der Waals surface area (Å²) in [6, 6.07) is 8.03. The normalized spacial score (nSPS) is 15.5. The first-order chi connectivity index (χ1) is 10.6. The minimum Gasteiger partial charge on any atom is -0.466 e. The van der Waals surface area contributed by atoms with Crippen LogP contribution in [0.4, 0.5) is 4.79 Å². The van der Waals surface area contributed by atoms with Crippen LogP contribution in [0.5, 0.6) is 0 Å². The van der Waals surface area contributed by atoms with Gasteiger partial charge >= 0.3 is 12.0 Å². The monoisotopic (exact) mass is 304 g/mol. The molecule has 0 saturated carbocycles. The molecule has 5 heteroatoms. The van der Waals surface area contributed by atoms with Gasteiger partial charge in [0.2, 0.25) is 0 Å². The molecule has 22 heavy (non-hydrogen) atoms. The van der Waals surface area contributed by atoms with Crippen LogP contribution in [-0.4, -0.2) is 36.6 Å². The Morgan fingerprint density at radius 1 is 1.23 bits per heavy atom. The molecule has 0 atom stereocenters. The van der Waals surface area contributed by atoms with Crippen molar-refractivity contribution in [3.8, 4) is 0 Å². The minimum absolute atomic E-state index is 0.0668. The third-order valence-corrected chi connectivity index (χ3v) is 3.97. The molecule has 120 valence electrons. The largest absolute Gasteiger partial charge is 0.466 e. The van der Waals surface area contributed by atoms with E-state index in [0.717, 1.165) is 5.56 Å². The summed E-state index contributed by atoms with van der Waals surface area (Å²) in [6.07, 6.45) is 1.35. The molecule has 0 radical (unpaired) electrons. The Morgan fingerprint density at radius 2 is 1.86 bits per heavy atom. The van der Waals surface area contributed by atoms with Gasteiger partial charge in [0.25, 0.3) is 0 Å². The Kier molecular flexibility index (Phi) is 5.81. The van der Waals surface area contributed by atoms with E-state index < -0.39 is 0 Å². The summed E-state index contributed by atoms with van der Waals surface area (Å²) in [5.41, 5.74) is 2.29. The lowest BCUT2D eigenvalue weighted by Crippen LogP contribution is -2.45. The number of aryl methyl sites for hydroxylation is 1. The van der Waals surface area contributed by atoms with Crippen molar-refractivity contribution in [1.29, 1.82) is 0 Å². The molecule has 1 aliphatic heterocycles. The van der Waals surface area contributed by atoms with Crippen LogP contribution in [0.15, 0.2) is 24.3 Å². The quantitative estimate of drug-likeness (QED) is 0.869. The molecular weight excluding hydrogens is 280 g/mol. The van der Waals surface area contributed by atoms with Gasteiger partial charge in [-0.15, -0.1) is 0 Å². The van der Waals surface area contributed by atoms with Gasteiger partial charge in [-0.3, -0.25) is 4.79 Å². The molecule has 2 rings (SSSR count). The highest BCUT2D eigenvalue weighted by atomic mass is 16.5. The summed E-state index contributed by atoms with van der Waals surface area (Å²) >= 11 is 0. The number of hydrogen-bond donors (Lipinski definition) is 1. The number of amides is 2. The molecule has 1 aromatic rings. The number of nitrogens with zero attached hydrogens (tertiary/aromatic N) is 1. The molecule has 1 fully saturated rings. The lowest BCUT2D eigenvalue weighted by Gasteiger charge is -2.30. The molecule has 1 heterocycles. The smallest absolute Gasteiger partial charge is 0.317 e. The first-order valence-electron chi connectivity index (χ1n) is 7.85. The standard InChI is InChI=1S/C17H24N2O3/c1-3-22-16(20)15-8-10-19(11-9-15)17(21)18-12-14-6-4-13(2)5-7-14/h4-7,15H,3,8-12H2,1-2H3,(H,18,21). The van der Waals surface area contributed by atoms with E-state index in [1.54, 1.807) is 4.90 Å². The molecular formula is C17H24N2O3. The fourth-order valence-electron chi connectivity index (χ4n) is 2.57. The van der Waals surface area contributed by atoms with Crippen molar-refractivity contribution in [3.63, 3.8) is 0 Å². The van der Waals surface area contributed by atoms with Gasteiger partial charge in [0.15, 0.2) is 0 Å². The number of piperidine rings is 1. The SMILES string of the molecule is CCOC(=O)C1CCN(C(=O)NCc2ccc(C)cc2)CC1. The van der Waals surface area contributed by atoms with Crippen molar-refractivity contribution in [2.45, 2.75) is 33.2 Å². The Bertz CT molecular complexity index is 505. The molecule has 0 aliphatic carbocycles. The second-order valence-electron chi connectivity index (χ2n) is 5.66. The predicted octanol–water partition coefficient (Wildman–Crippen LogP) is 2.48. The highest BCUT2D eigenvalue weighted by Crippen LogP contribution is 2.18. The lowest BCUT2D eigenvalue weighted by atomic mass is 9.97.